The number of aliphatic hydroxyl groups excluding tert-OH is 1. The van der Waals surface area contributed by atoms with Crippen LogP contribution < -0.4 is 5.73 Å². The summed E-state index contributed by atoms with van der Waals surface area (Å²) in [5, 5.41) is 13.8. The normalized spacial score (nSPS) is 21.2. The molecule has 2 aromatic rings. The summed E-state index contributed by atoms with van der Waals surface area (Å²) < 4.78 is 7.03. The zero-order chi connectivity index (χ0) is 20.1. The van der Waals surface area contributed by atoms with Crippen molar-refractivity contribution in [3.8, 4) is 11.3 Å². The van der Waals surface area contributed by atoms with Crippen LogP contribution in [0.2, 0.25) is 5.02 Å². The first-order valence-electron chi connectivity index (χ1n) is 9.72. The number of anilines is 1. The van der Waals surface area contributed by atoms with Gasteiger partial charge in [0.1, 0.15) is 0 Å². The van der Waals surface area contributed by atoms with E-state index in [9.17, 15) is 0 Å². The Morgan fingerprint density at radius 2 is 2.00 bits per heavy atom. The summed E-state index contributed by atoms with van der Waals surface area (Å²) >= 11 is 6.19. The molecule has 3 N–H and O–H groups in total. The molecule has 0 bridgehead atoms. The van der Waals surface area contributed by atoms with E-state index in [1.165, 1.54) is 6.20 Å². The van der Waals surface area contributed by atoms with E-state index in [4.69, 9.17) is 27.2 Å². The van der Waals surface area contributed by atoms with E-state index in [0.29, 0.717) is 23.4 Å². The first-order valence-corrected chi connectivity index (χ1v) is 10.1. The van der Waals surface area contributed by atoms with E-state index in [0.717, 1.165) is 56.6 Å². The Kier molecular flexibility index (Phi) is 7.23. The van der Waals surface area contributed by atoms with Crippen molar-refractivity contribution in [2.24, 2.45) is 0 Å². The van der Waals surface area contributed by atoms with Crippen LogP contribution in [0, 0.1) is 6.92 Å². The molecule has 4 heterocycles. The third-order valence-electron chi connectivity index (χ3n) is 5.23. The van der Waals surface area contributed by atoms with Gasteiger partial charge in [0, 0.05) is 17.9 Å². The SMILES string of the molecule is Cc1c(-c2nc(N)ncc2Cl)cnn1C1CCN(C)CC1.OC1CCCOC1. The van der Waals surface area contributed by atoms with Crippen molar-refractivity contribution in [1.29, 1.82) is 0 Å². The number of nitrogens with two attached hydrogens (primary N) is 1. The lowest BCUT2D eigenvalue weighted by atomic mass is 10.1. The van der Waals surface area contributed by atoms with Gasteiger partial charge < -0.3 is 20.5 Å². The van der Waals surface area contributed by atoms with Crippen LogP contribution in [-0.2, 0) is 4.74 Å². The van der Waals surface area contributed by atoms with Gasteiger partial charge in [-0.2, -0.15) is 5.10 Å². The summed E-state index contributed by atoms with van der Waals surface area (Å²) in [4.78, 5) is 10.5. The maximum Gasteiger partial charge on any atom is 0.220 e. The Balaban J connectivity index is 0.000000271. The van der Waals surface area contributed by atoms with Crippen molar-refractivity contribution >= 4 is 17.5 Å². The molecule has 0 aromatic carbocycles. The van der Waals surface area contributed by atoms with Crippen LogP contribution >= 0.6 is 11.6 Å². The minimum absolute atomic E-state index is 0.186. The molecular formula is C19H29ClN6O2. The van der Waals surface area contributed by atoms with Crippen LogP contribution in [0.4, 0.5) is 5.95 Å². The minimum atomic E-state index is -0.186. The van der Waals surface area contributed by atoms with E-state index in [1.807, 2.05) is 6.20 Å². The molecule has 2 aromatic heterocycles. The second-order valence-electron chi connectivity index (χ2n) is 7.42. The molecule has 0 aliphatic carbocycles. The fourth-order valence-corrected chi connectivity index (χ4v) is 3.75. The Morgan fingerprint density at radius 3 is 2.61 bits per heavy atom. The lowest BCUT2D eigenvalue weighted by Crippen LogP contribution is -2.32. The number of aliphatic hydroxyl groups is 1. The van der Waals surface area contributed by atoms with Crippen LogP contribution in [0.1, 0.15) is 37.4 Å². The Labute approximate surface area is 170 Å². The number of aromatic nitrogens is 4. The molecule has 2 aliphatic rings. The van der Waals surface area contributed by atoms with Gasteiger partial charge in [0.05, 0.1) is 41.9 Å². The average molecular weight is 409 g/mol. The number of nitrogens with zero attached hydrogens (tertiary/aromatic N) is 5. The smallest absolute Gasteiger partial charge is 0.220 e. The summed E-state index contributed by atoms with van der Waals surface area (Å²) in [7, 11) is 2.15. The molecule has 0 radical (unpaired) electrons. The first kappa shape index (κ1) is 21.0. The standard InChI is InChI=1S/C14H19ClN6.C5H10O2/c1-9-11(13-12(15)8-17-14(16)19-13)7-18-21(9)10-3-5-20(2)6-4-10;6-5-2-1-3-7-4-5/h7-8,10H,3-6H2,1-2H3,(H2,16,17,19);5-6H,1-4H2. The van der Waals surface area contributed by atoms with E-state index >= 15 is 0 Å². The minimum Gasteiger partial charge on any atom is -0.391 e. The molecule has 4 rings (SSSR count). The lowest BCUT2D eigenvalue weighted by molar-refractivity contribution is -0.00535. The van der Waals surface area contributed by atoms with Gasteiger partial charge in [0.25, 0.3) is 0 Å². The topological polar surface area (TPSA) is 102 Å². The third kappa shape index (κ3) is 5.20. The summed E-state index contributed by atoms with van der Waals surface area (Å²) in [5.74, 6) is 0.223. The molecule has 8 nitrogen and oxygen atoms in total. The molecule has 1 unspecified atom stereocenters. The van der Waals surface area contributed by atoms with Crippen molar-refractivity contribution in [1.82, 2.24) is 24.6 Å². The molecular weight excluding hydrogens is 380 g/mol. The number of nitrogen functional groups attached to an aromatic ring is 1. The molecule has 28 heavy (non-hydrogen) atoms. The van der Waals surface area contributed by atoms with E-state index in [1.54, 1.807) is 0 Å². The van der Waals surface area contributed by atoms with Gasteiger partial charge in [-0.15, -0.1) is 0 Å². The van der Waals surface area contributed by atoms with E-state index in [2.05, 4.69) is 38.6 Å². The van der Waals surface area contributed by atoms with Crippen LogP contribution in [-0.4, -0.2) is 69.2 Å². The summed E-state index contributed by atoms with van der Waals surface area (Å²) in [6, 6.07) is 0.438. The average Bonchev–Trinajstić information content (AvgIpc) is 3.07. The number of hydrogen-bond acceptors (Lipinski definition) is 7. The van der Waals surface area contributed by atoms with Gasteiger partial charge in [-0.3, -0.25) is 4.68 Å². The van der Waals surface area contributed by atoms with Gasteiger partial charge in [-0.25, -0.2) is 9.97 Å². The molecule has 0 spiro atoms. The van der Waals surface area contributed by atoms with Crippen molar-refractivity contribution in [2.75, 3.05) is 39.1 Å². The fourth-order valence-electron chi connectivity index (χ4n) is 3.56. The fraction of sp³-hybridized carbons (Fsp3) is 0.632. The summed E-state index contributed by atoms with van der Waals surface area (Å²) in [6.07, 6.45) is 7.32. The van der Waals surface area contributed by atoms with Crippen LogP contribution in [0.5, 0.6) is 0 Å². The van der Waals surface area contributed by atoms with Crippen molar-refractivity contribution in [3.63, 3.8) is 0 Å². The van der Waals surface area contributed by atoms with Gasteiger partial charge in [0.2, 0.25) is 5.95 Å². The molecule has 1 atom stereocenters. The van der Waals surface area contributed by atoms with Gasteiger partial charge in [0.15, 0.2) is 0 Å². The third-order valence-corrected chi connectivity index (χ3v) is 5.51. The quantitative estimate of drug-likeness (QED) is 0.785. The number of ether oxygens (including phenoxy) is 1. The molecule has 154 valence electrons. The van der Waals surface area contributed by atoms with Crippen LogP contribution in [0.15, 0.2) is 12.4 Å². The van der Waals surface area contributed by atoms with E-state index < -0.39 is 0 Å². The van der Waals surface area contributed by atoms with E-state index in [-0.39, 0.29) is 12.1 Å². The Bertz CT molecular complexity index is 770. The van der Waals surface area contributed by atoms with Crippen molar-refractivity contribution in [3.05, 3.63) is 23.1 Å². The Hall–Kier alpha value is -1.74. The Morgan fingerprint density at radius 1 is 1.25 bits per heavy atom. The number of hydrogen-bond donors (Lipinski definition) is 2. The summed E-state index contributed by atoms with van der Waals surface area (Å²) in [5.41, 5.74) is 8.32. The zero-order valence-electron chi connectivity index (χ0n) is 16.5. The number of piperidine rings is 1. The van der Waals surface area contributed by atoms with Gasteiger partial charge >= 0.3 is 0 Å². The molecule has 2 fully saturated rings. The molecule has 2 aliphatic heterocycles. The highest BCUT2D eigenvalue weighted by Crippen LogP contribution is 2.31. The maximum absolute atomic E-state index is 8.78. The predicted octanol–water partition coefficient (Wildman–Crippen LogP) is 2.31. The summed E-state index contributed by atoms with van der Waals surface area (Å²) in [6.45, 7) is 5.62. The largest absolute Gasteiger partial charge is 0.391 e. The van der Waals surface area contributed by atoms with Crippen molar-refractivity contribution < 1.29 is 9.84 Å². The molecule has 0 saturated carbocycles. The second-order valence-corrected chi connectivity index (χ2v) is 7.83. The highest BCUT2D eigenvalue weighted by atomic mass is 35.5. The van der Waals surface area contributed by atoms with Crippen LogP contribution in [0.3, 0.4) is 0 Å². The lowest BCUT2D eigenvalue weighted by Gasteiger charge is -2.29. The predicted molar refractivity (Wildman–Crippen MR) is 109 cm³/mol. The van der Waals surface area contributed by atoms with Gasteiger partial charge in [-0.05, 0) is 52.7 Å². The van der Waals surface area contributed by atoms with Crippen LogP contribution in [0.25, 0.3) is 11.3 Å². The number of likely N-dealkylation sites (tertiary alicyclic amines) is 1. The molecule has 2 saturated heterocycles. The van der Waals surface area contributed by atoms with Crippen molar-refractivity contribution in [2.45, 2.75) is 44.8 Å². The molecule has 0 amide bonds. The first-order chi connectivity index (χ1) is 13.5. The number of rotatable bonds is 2. The number of halogens is 1. The highest BCUT2D eigenvalue weighted by molar-refractivity contribution is 6.32. The maximum atomic E-state index is 8.78. The molecule has 9 heteroatoms. The second kappa shape index (κ2) is 9.65. The van der Waals surface area contributed by atoms with Gasteiger partial charge in [-0.1, -0.05) is 11.6 Å². The highest BCUT2D eigenvalue weighted by Gasteiger charge is 2.22. The monoisotopic (exact) mass is 408 g/mol. The zero-order valence-corrected chi connectivity index (χ0v) is 17.3.